The Morgan fingerprint density at radius 1 is 1.44 bits per heavy atom. The summed E-state index contributed by atoms with van der Waals surface area (Å²) in [7, 11) is 0. The summed E-state index contributed by atoms with van der Waals surface area (Å²) in [6, 6.07) is 7.54. The first-order valence-corrected chi connectivity index (χ1v) is 5.74. The van der Waals surface area contributed by atoms with E-state index in [-0.39, 0.29) is 5.91 Å². The van der Waals surface area contributed by atoms with Gasteiger partial charge in [-0.15, -0.1) is 0 Å². The second-order valence-corrected chi connectivity index (χ2v) is 4.35. The summed E-state index contributed by atoms with van der Waals surface area (Å²) >= 11 is 5.81. The number of amides is 1. The maximum absolute atomic E-state index is 11.5. The Labute approximate surface area is 101 Å². The molecule has 3 nitrogen and oxygen atoms in total. The van der Waals surface area contributed by atoms with E-state index in [1.165, 1.54) is 0 Å². The molecular weight excluding hydrogens is 224 g/mol. The number of halogens is 1. The van der Waals surface area contributed by atoms with E-state index in [9.17, 15) is 4.79 Å². The quantitative estimate of drug-likeness (QED) is 0.831. The normalized spacial score (nSPS) is 10.5. The first-order chi connectivity index (χ1) is 7.58. The Morgan fingerprint density at radius 2 is 2.19 bits per heavy atom. The SMILES string of the molecule is CC(C)NCCC(=O)Nc1cccc(Cl)c1. The van der Waals surface area contributed by atoms with Gasteiger partial charge in [0.15, 0.2) is 0 Å². The van der Waals surface area contributed by atoms with Gasteiger partial charge in [-0.3, -0.25) is 4.79 Å². The number of hydrogen-bond donors (Lipinski definition) is 2. The number of nitrogens with one attached hydrogen (secondary N) is 2. The molecule has 0 aliphatic heterocycles. The van der Waals surface area contributed by atoms with E-state index in [1.54, 1.807) is 12.1 Å². The molecule has 1 amide bonds. The van der Waals surface area contributed by atoms with Crippen molar-refractivity contribution in [2.45, 2.75) is 26.3 Å². The van der Waals surface area contributed by atoms with Gasteiger partial charge in [-0.1, -0.05) is 31.5 Å². The van der Waals surface area contributed by atoms with Crippen LogP contribution in [0.1, 0.15) is 20.3 Å². The highest BCUT2D eigenvalue weighted by atomic mass is 35.5. The van der Waals surface area contributed by atoms with Crippen LogP contribution in [0.25, 0.3) is 0 Å². The van der Waals surface area contributed by atoms with Crippen molar-refractivity contribution in [2.24, 2.45) is 0 Å². The molecule has 0 saturated carbocycles. The summed E-state index contributed by atoms with van der Waals surface area (Å²) in [5.41, 5.74) is 0.738. The minimum absolute atomic E-state index is 0.00424. The lowest BCUT2D eigenvalue weighted by atomic mass is 10.3. The highest BCUT2D eigenvalue weighted by Crippen LogP contribution is 2.14. The van der Waals surface area contributed by atoms with Crippen molar-refractivity contribution < 1.29 is 4.79 Å². The van der Waals surface area contributed by atoms with Crippen LogP contribution in [-0.4, -0.2) is 18.5 Å². The van der Waals surface area contributed by atoms with Gasteiger partial charge in [0.25, 0.3) is 0 Å². The maximum Gasteiger partial charge on any atom is 0.225 e. The van der Waals surface area contributed by atoms with Gasteiger partial charge in [-0.05, 0) is 18.2 Å². The van der Waals surface area contributed by atoms with Gasteiger partial charge in [0.05, 0.1) is 0 Å². The van der Waals surface area contributed by atoms with E-state index in [0.29, 0.717) is 24.0 Å². The molecule has 1 aromatic rings. The van der Waals surface area contributed by atoms with Crippen LogP contribution >= 0.6 is 11.6 Å². The lowest BCUT2D eigenvalue weighted by Gasteiger charge is -2.08. The van der Waals surface area contributed by atoms with E-state index in [1.807, 2.05) is 12.1 Å². The van der Waals surface area contributed by atoms with E-state index in [2.05, 4.69) is 24.5 Å². The van der Waals surface area contributed by atoms with Crippen LogP contribution in [0, 0.1) is 0 Å². The largest absolute Gasteiger partial charge is 0.326 e. The zero-order chi connectivity index (χ0) is 12.0. The highest BCUT2D eigenvalue weighted by molar-refractivity contribution is 6.30. The number of rotatable bonds is 5. The molecule has 0 radical (unpaired) electrons. The summed E-state index contributed by atoms with van der Waals surface area (Å²) < 4.78 is 0. The molecule has 0 bridgehead atoms. The average Bonchev–Trinajstić information content (AvgIpc) is 2.16. The van der Waals surface area contributed by atoms with Crippen LogP contribution in [0.3, 0.4) is 0 Å². The second-order valence-electron chi connectivity index (χ2n) is 3.92. The van der Waals surface area contributed by atoms with Gasteiger partial charge in [0.2, 0.25) is 5.91 Å². The zero-order valence-electron chi connectivity index (χ0n) is 9.59. The third-order valence-electron chi connectivity index (χ3n) is 2.01. The number of carbonyl (C=O) groups excluding carboxylic acids is 1. The molecule has 0 atom stereocenters. The second kappa shape index (κ2) is 6.51. The Bertz CT molecular complexity index is 353. The van der Waals surface area contributed by atoms with Crippen molar-refractivity contribution in [1.82, 2.24) is 5.32 Å². The third-order valence-corrected chi connectivity index (χ3v) is 2.25. The maximum atomic E-state index is 11.5. The molecule has 0 spiro atoms. The fourth-order valence-corrected chi connectivity index (χ4v) is 1.45. The van der Waals surface area contributed by atoms with E-state index < -0.39 is 0 Å². The monoisotopic (exact) mass is 240 g/mol. The first kappa shape index (κ1) is 13.0. The van der Waals surface area contributed by atoms with Crippen LogP contribution in [-0.2, 0) is 4.79 Å². The summed E-state index contributed by atoms with van der Waals surface area (Å²) in [6.07, 6.45) is 0.463. The molecule has 1 rings (SSSR count). The third kappa shape index (κ3) is 5.14. The van der Waals surface area contributed by atoms with Crippen LogP contribution in [0.4, 0.5) is 5.69 Å². The molecule has 16 heavy (non-hydrogen) atoms. The molecular formula is C12H17ClN2O. The van der Waals surface area contributed by atoms with Crippen molar-refractivity contribution in [3.05, 3.63) is 29.3 Å². The summed E-state index contributed by atoms with van der Waals surface area (Å²) in [4.78, 5) is 11.5. The van der Waals surface area contributed by atoms with Gasteiger partial charge in [-0.2, -0.15) is 0 Å². The number of anilines is 1. The lowest BCUT2D eigenvalue weighted by molar-refractivity contribution is -0.116. The Balaban J connectivity index is 2.34. The molecule has 0 aromatic heterocycles. The fourth-order valence-electron chi connectivity index (χ4n) is 1.26. The molecule has 2 N–H and O–H groups in total. The van der Waals surface area contributed by atoms with Gasteiger partial charge in [-0.25, -0.2) is 0 Å². The van der Waals surface area contributed by atoms with Gasteiger partial charge in [0, 0.05) is 29.7 Å². The Morgan fingerprint density at radius 3 is 2.81 bits per heavy atom. The molecule has 1 aromatic carbocycles. The Hall–Kier alpha value is -1.06. The van der Waals surface area contributed by atoms with E-state index in [0.717, 1.165) is 5.69 Å². The van der Waals surface area contributed by atoms with Crippen LogP contribution in [0.5, 0.6) is 0 Å². The smallest absolute Gasteiger partial charge is 0.225 e. The van der Waals surface area contributed by atoms with Crippen LogP contribution in [0.15, 0.2) is 24.3 Å². The van der Waals surface area contributed by atoms with Gasteiger partial charge < -0.3 is 10.6 Å². The summed E-state index contributed by atoms with van der Waals surface area (Å²) in [6.45, 7) is 4.79. The van der Waals surface area contributed by atoms with Crippen LogP contribution in [0.2, 0.25) is 5.02 Å². The van der Waals surface area contributed by atoms with Gasteiger partial charge >= 0.3 is 0 Å². The molecule has 88 valence electrons. The molecule has 0 heterocycles. The highest BCUT2D eigenvalue weighted by Gasteiger charge is 2.02. The van der Waals surface area contributed by atoms with Crippen molar-refractivity contribution in [3.8, 4) is 0 Å². The van der Waals surface area contributed by atoms with Crippen LogP contribution < -0.4 is 10.6 Å². The minimum atomic E-state index is -0.00424. The van der Waals surface area contributed by atoms with E-state index >= 15 is 0 Å². The predicted octanol–water partition coefficient (Wildman–Crippen LogP) is 2.67. The minimum Gasteiger partial charge on any atom is -0.326 e. The van der Waals surface area contributed by atoms with E-state index in [4.69, 9.17) is 11.6 Å². The lowest BCUT2D eigenvalue weighted by Crippen LogP contribution is -2.27. The molecule has 0 fully saturated rings. The summed E-state index contributed by atoms with van der Waals surface area (Å²) in [5, 5.41) is 6.60. The molecule has 4 heteroatoms. The Kier molecular flexibility index (Phi) is 5.29. The molecule has 0 aliphatic carbocycles. The molecule has 0 unspecified atom stereocenters. The zero-order valence-corrected chi connectivity index (χ0v) is 10.3. The first-order valence-electron chi connectivity index (χ1n) is 5.36. The van der Waals surface area contributed by atoms with Gasteiger partial charge in [0.1, 0.15) is 0 Å². The standard InChI is InChI=1S/C12H17ClN2O/c1-9(2)14-7-6-12(16)15-11-5-3-4-10(13)8-11/h3-5,8-9,14H,6-7H2,1-2H3,(H,15,16). The van der Waals surface area contributed by atoms with Crippen molar-refractivity contribution >= 4 is 23.2 Å². The van der Waals surface area contributed by atoms with Crippen molar-refractivity contribution in [3.63, 3.8) is 0 Å². The molecule has 0 saturated heterocycles. The number of hydrogen-bond acceptors (Lipinski definition) is 2. The summed E-state index contributed by atoms with van der Waals surface area (Å²) in [5.74, 6) is -0.00424. The number of carbonyl (C=O) groups is 1. The molecule has 0 aliphatic rings. The fraction of sp³-hybridized carbons (Fsp3) is 0.417. The average molecular weight is 241 g/mol. The van der Waals surface area contributed by atoms with Crippen molar-refractivity contribution in [2.75, 3.05) is 11.9 Å². The van der Waals surface area contributed by atoms with Crippen molar-refractivity contribution in [1.29, 1.82) is 0 Å². The number of benzene rings is 1. The predicted molar refractivity (Wildman–Crippen MR) is 67.8 cm³/mol. The topological polar surface area (TPSA) is 41.1 Å².